The molecule has 4 N–H and O–H groups in total. The molecule has 0 aliphatic rings. The minimum atomic E-state index is -5.15. The van der Waals surface area contributed by atoms with Gasteiger partial charge in [-0.3, -0.25) is 0 Å². The number of anilines is 1. The van der Waals surface area contributed by atoms with Crippen LogP contribution >= 0.6 is 28.1 Å². The highest BCUT2D eigenvalue weighted by atomic mass is 79.9. The Labute approximate surface area is 112 Å². The summed E-state index contributed by atoms with van der Waals surface area (Å²) in [5.41, 5.74) is 4.77. The molecule has 0 unspecified atom stereocenters. The van der Waals surface area contributed by atoms with Crippen molar-refractivity contribution in [3.8, 4) is 11.5 Å². The fourth-order valence-corrected chi connectivity index (χ4v) is 1.55. The van der Waals surface area contributed by atoms with Gasteiger partial charge in [0, 0.05) is 0 Å². The molecule has 18 heavy (non-hydrogen) atoms. The average Bonchev–Trinajstić information content (AvgIpc) is 2.19. The summed E-state index contributed by atoms with van der Waals surface area (Å²) in [6, 6.07) is 0.965. The maximum Gasteiger partial charge on any atom is 0.573 e. The number of nitrogens with one attached hydrogen (secondary N) is 1. The third kappa shape index (κ3) is 3.60. The Morgan fingerprint density at radius 2 is 2.06 bits per heavy atom. The Morgan fingerprint density at radius 3 is 2.50 bits per heavy atom. The van der Waals surface area contributed by atoms with Crippen LogP contribution in [0.4, 0.5) is 23.2 Å². The fourth-order valence-electron chi connectivity index (χ4n) is 1.03. The van der Waals surface area contributed by atoms with Crippen LogP contribution in [-0.4, -0.2) is 16.6 Å². The molecule has 0 aliphatic heterocycles. The summed E-state index contributed by atoms with van der Waals surface area (Å²) in [4.78, 5) is 0. The summed E-state index contributed by atoms with van der Waals surface area (Å²) in [5.74, 6) is -3.88. The zero-order valence-electron chi connectivity index (χ0n) is 8.31. The molecule has 0 aromatic heterocycles. The number of phenols is 1. The van der Waals surface area contributed by atoms with Crippen LogP contribution in [0.15, 0.2) is 10.5 Å². The second-order valence-electron chi connectivity index (χ2n) is 2.93. The number of hydrogen-bond donors (Lipinski definition) is 3. The van der Waals surface area contributed by atoms with Crippen molar-refractivity contribution >= 4 is 38.9 Å². The lowest BCUT2D eigenvalue weighted by Gasteiger charge is -2.15. The zero-order valence-corrected chi connectivity index (χ0v) is 10.7. The van der Waals surface area contributed by atoms with E-state index in [-0.39, 0.29) is 15.3 Å². The Balaban J connectivity index is 3.31. The SMILES string of the molecule is NC(=S)Nc1cc(Br)c(F)c(OC(F)(F)F)c1O. The summed E-state index contributed by atoms with van der Waals surface area (Å²) >= 11 is 7.12. The standard InChI is InChI=1S/C8H5BrF4N2O2S/c9-2-1-3(15-7(14)18)5(16)6(4(2)10)17-8(11,12)13/h1,16H,(H3,14,15,18). The van der Waals surface area contributed by atoms with E-state index in [0.29, 0.717) is 0 Å². The Morgan fingerprint density at radius 1 is 1.50 bits per heavy atom. The van der Waals surface area contributed by atoms with Gasteiger partial charge in [-0.25, -0.2) is 4.39 Å². The predicted octanol–water partition coefficient (Wildman–Crippen LogP) is 2.85. The molecule has 0 radical (unpaired) electrons. The average molecular weight is 349 g/mol. The molecule has 1 aromatic carbocycles. The van der Waals surface area contributed by atoms with Crippen molar-refractivity contribution in [3.63, 3.8) is 0 Å². The number of rotatable bonds is 2. The molecule has 0 heterocycles. The summed E-state index contributed by atoms with van der Waals surface area (Å²) < 4.78 is 52.5. The molecular weight excluding hydrogens is 344 g/mol. The van der Waals surface area contributed by atoms with Crippen molar-refractivity contribution < 1.29 is 27.4 Å². The second-order valence-corrected chi connectivity index (χ2v) is 4.23. The predicted molar refractivity (Wildman–Crippen MR) is 62.9 cm³/mol. The van der Waals surface area contributed by atoms with Gasteiger partial charge in [0.1, 0.15) is 0 Å². The van der Waals surface area contributed by atoms with E-state index in [4.69, 9.17) is 5.73 Å². The van der Waals surface area contributed by atoms with Gasteiger partial charge in [0.15, 0.2) is 16.7 Å². The van der Waals surface area contributed by atoms with Gasteiger partial charge in [-0.1, -0.05) is 0 Å². The normalized spacial score (nSPS) is 11.2. The second kappa shape index (κ2) is 5.14. The van der Waals surface area contributed by atoms with Crippen molar-refractivity contribution in [2.45, 2.75) is 6.36 Å². The molecule has 0 aliphatic carbocycles. The van der Waals surface area contributed by atoms with Crippen molar-refractivity contribution in [2.75, 3.05) is 5.32 Å². The van der Waals surface area contributed by atoms with Crippen LogP contribution in [0.3, 0.4) is 0 Å². The molecule has 0 bridgehead atoms. The number of halogens is 5. The number of thiocarbonyl (C=S) groups is 1. The molecule has 0 saturated carbocycles. The summed E-state index contributed by atoms with van der Waals surface area (Å²) in [6.45, 7) is 0. The van der Waals surface area contributed by atoms with Crippen molar-refractivity contribution in [1.29, 1.82) is 0 Å². The first-order valence-corrected chi connectivity index (χ1v) is 5.35. The highest BCUT2D eigenvalue weighted by Crippen LogP contribution is 2.42. The van der Waals surface area contributed by atoms with E-state index in [1.54, 1.807) is 0 Å². The van der Waals surface area contributed by atoms with Crippen LogP contribution in [0, 0.1) is 5.82 Å². The first-order valence-electron chi connectivity index (χ1n) is 4.15. The molecule has 0 atom stereocenters. The largest absolute Gasteiger partial charge is 0.573 e. The Bertz CT molecular complexity index is 495. The van der Waals surface area contributed by atoms with Crippen LogP contribution in [0.5, 0.6) is 11.5 Å². The minimum absolute atomic E-state index is 0.318. The van der Waals surface area contributed by atoms with Crippen molar-refractivity contribution in [3.05, 3.63) is 16.4 Å². The van der Waals surface area contributed by atoms with Gasteiger partial charge in [0.2, 0.25) is 5.75 Å². The molecule has 4 nitrogen and oxygen atoms in total. The van der Waals surface area contributed by atoms with Crippen LogP contribution in [0.1, 0.15) is 0 Å². The number of aromatic hydroxyl groups is 1. The lowest BCUT2D eigenvalue weighted by molar-refractivity contribution is -0.276. The minimum Gasteiger partial charge on any atom is -0.503 e. The smallest absolute Gasteiger partial charge is 0.503 e. The van der Waals surface area contributed by atoms with Gasteiger partial charge in [-0.05, 0) is 34.2 Å². The van der Waals surface area contributed by atoms with Gasteiger partial charge in [-0.15, -0.1) is 13.2 Å². The highest BCUT2D eigenvalue weighted by molar-refractivity contribution is 9.10. The third-order valence-corrected chi connectivity index (χ3v) is 2.31. The maximum atomic E-state index is 13.4. The fraction of sp³-hybridized carbons (Fsp3) is 0.125. The number of ether oxygens (including phenoxy) is 1. The molecule has 0 amide bonds. The van der Waals surface area contributed by atoms with E-state index in [2.05, 4.69) is 38.2 Å². The molecular formula is C8H5BrF4N2O2S. The zero-order chi connectivity index (χ0) is 14.1. The summed E-state index contributed by atoms with van der Waals surface area (Å²) in [5, 5.41) is 11.3. The summed E-state index contributed by atoms with van der Waals surface area (Å²) in [7, 11) is 0. The molecule has 0 saturated heterocycles. The van der Waals surface area contributed by atoms with Crippen molar-refractivity contribution in [2.24, 2.45) is 5.73 Å². The highest BCUT2D eigenvalue weighted by Gasteiger charge is 2.35. The van der Waals surface area contributed by atoms with E-state index in [1.807, 2.05) is 0 Å². The van der Waals surface area contributed by atoms with Gasteiger partial charge in [0.05, 0.1) is 10.2 Å². The first-order chi connectivity index (χ1) is 8.11. The molecule has 100 valence electrons. The quantitative estimate of drug-likeness (QED) is 0.435. The Kier molecular flexibility index (Phi) is 4.22. The van der Waals surface area contributed by atoms with E-state index in [0.717, 1.165) is 6.07 Å². The van der Waals surface area contributed by atoms with Gasteiger partial charge in [0.25, 0.3) is 0 Å². The Hall–Kier alpha value is -1.29. The third-order valence-electron chi connectivity index (χ3n) is 1.63. The lowest BCUT2D eigenvalue weighted by atomic mass is 10.2. The molecule has 10 heteroatoms. The van der Waals surface area contributed by atoms with E-state index < -0.39 is 23.7 Å². The van der Waals surface area contributed by atoms with E-state index in [9.17, 15) is 22.7 Å². The monoisotopic (exact) mass is 348 g/mol. The number of alkyl halides is 3. The molecule has 1 rings (SSSR count). The van der Waals surface area contributed by atoms with Crippen LogP contribution in [-0.2, 0) is 0 Å². The van der Waals surface area contributed by atoms with Gasteiger partial charge in [-0.2, -0.15) is 0 Å². The van der Waals surface area contributed by atoms with Crippen molar-refractivity contribution in [1.82, 2.24) is 0 Å². The van der Waals surface area contributed by atoms with Crippen LogP contribution in [0.25, 0.3) is 0 Å². The number of nitrogens with two attached hydrogens (primary N) is 1. The molecule has 0 spiro atoms. The van der Waals surface area contributed by atoms with Crippen LogP contribution in [0.2, 0.25) is 0 Å². The van der Waals surface area contributed by atoms with Gasteiger partial charge >= 0.3 is 6.36 Å². The van der Waals surface area contributed by atoms with Gasteiger partial charge < -0.3 is 20.9 Å². The number of phenolic OH excluding ortho intramolecular Hbond substituents is 1. The maximum absolute atomic E-state index is 13.4. The van der Waals surface area contributed by atoms with E-state index in [1.165, 1.54) is 0 Å². The molecule has 0 fully saturated rings. The first kappa shape index (κ1) is 14.8. The number of hydrogen-bond acceptors (Lipinski definition) is 3. The lowest BCUT2D eigenvalue weighted by Crippen LogP contribution is -2.21. The van der Waals surface area contributed by atoms with Crippen LogP contribution < -0.4 is 15.8 Å². The van der Waals surface area contributed by atoms with E-state index >= 15 is 0 Å². The molecule has 1 aromatic rings. The topological polar surface area (TPSA) is 67.5 Å². The number of benzene rings is 1. The summed E-state index contributed by atoms with van der Waals surface area (Å²) in [6.07, 6.45) is -5.15.